The molecular formula is C26H19N5O5S. The molecule has 2 aliphatic rings. The van der Waals surface area contributed by atoms with Crippen molar-refractivity contribution in [2.24, 2.45) is 10.1 Å². The Morgan fingerprint density at radius 3 is 2.57 bits per heavy atom. The summed E-state index contributed by atoms with van der Waals surface area (Å²) in [5.74, 6) is -0.110. The Kier molecular flexibility index (Phi) is 6.52. The van der Waals surface area contributed by atoms with Gasteiger partial charge in [-0.05, 0) is 71.9 Å². The number of aromatic nitrogens is 1. The minimum absolute atomic E-state index is 0.0607. The number of thioether (sulfide) groups is 1. The molecule has 0 unspecified atom stereocenters. The second-order valence-corrected chi connectivity index (χ2v) is 8.65. The summed E-state index contributed by atoms with van der Waals surface area (Å²) in [5, 5.41) is 15.2. The summed E-state index contributed by atoms with van der Waals surface area (Å²) < 4.78 is 16.0. The highest BCUT2D eigenvalue weighted by atomic mass is 32.2. The zero-order chi connectivity index (χ0) is 25.9. The average molecular weight is 514 g/mol. The highest BCUT2D eigenvalue weighted by molar-refractivity contribution is 8.27. The zero-order valence-corrected chi connectivity index (χ0v) is 20.5. The fraction of sp³-hybridized carbons (Fsp3) is 0.0769. The number of ether oxygens (including phenoxy) is 3. The molecule has 0 saturated carbocycles. The molecular weight excluding hydrogens is 494 g/mol. The van der Waals surface area contributed by atoms with Gasteiger partial charge in [0.05, 0.1) is 25.4 Å². The SMILES string of the molecule is COc1ccc(C(=O)Oc2ccc(/C=C3/C(=N)N4N=C(c5cccnc5)SC4=NC3=O)cc2OC)cc1. The summed E-state index contributed by atoms with van der Waals surface area (Å²) in [6, 6.07) is 15.0. The van der Waals surface area contributed by atoms with E-state index in [1.807, 2.05) is 6.07 Å². The lowest BCUT2D eigenvalue weighted by Crippen LogP contribution is -2.35. The standard InChI is InChI=1S/C26H19N5O5S/c1-34-18-8-6-16(7-9-18)25(33)36-20-10-5-15(13-21(20)35-2)12-19-22(27)31-26(29-23(19)32)37-24(30-31)17-4-3-11-28-14-17/h3-14,27H,1-2H3/b19-12-,27-22?. The number of methoxy groups -OCH3 is 2. The van der Waals surface area contributed by atoms with Crippen molar-refractivity contribution in [1.82, 2.24) is 9.99 Å². The summed E-state index contributed by atoms with van der Waals surface area (Å²) in [6.07, 6.45) is 4.83. The third kappa shape index (κ3) is 4.84. The summed E-state index contributed by atoms with van der Waals surface area (Å²) in [5.41, 5.74) is 1.72. The molecule has 0 aliphatic carbocycles. The normalized spacial score (nSPS) is 15.7. The number of esters is 1. The molecule has 0 spiro atoms. The number of amidine groups is 2. The number of carbonyl (C=O) groups is 2. The van der Waals surface area contributed by atoms with Gasteiger partial charge in [0.2, 0.25) is 5.17 Å². The van der Waals surface area contributed by atoms with Crippen LogP contribution in [0.1, 0.15) is 21.5 Å². The molecule has 3 aromatic rings. The van der Waals surface area contributed by atoms with Crippen molar-refractivity contribution < 1.29 is 23.8 Å². The lowest BCUT2D eigenvalue weighted by Gasteiger charge is -2.20. The van der Waals surface area contributed by atoms with Gasteiger partial charge in [0, 0.05) is 18.0 Å². The largest absolute Gasteiger partial charge is 0.497 e. The highest BCUT2D eigenvalue weighted by Gasteiger charge is 2.36. The van der Waals surface area contributed by atoms with Crippen LogP contribution >= 0.6 is 11.8 Å². The molecule has 5 rings (SSSR count). The summed E-state index contributed by atoms with van der Waals surface area (Å²) >= 11 is 1.20. The van der Waals surface area contributed by atoms with Crippen molar-refractivity contribution in [3.8, 4) is 17.2 Å². The smallest absolute Gasteiger partial charge is 0.343 e. The molecule has 0 bridgehead atoms. The minimum atomic E-state index is -0.563. The Hall–Kier alpha value is -4.77. The molecule has 3 heterocycles. The number of carbonyl (C=O) groups excluding carboxylic acids is 2. The number of nitrogens with one attached hydrogen (secondary N) is 1. The fourth-order valence-electron chi connectivity index (χ4n) is 3.51. The van der Waals surface area contributed by atoms with E-state index in [0.717, 1.165) is 5.56 Å². The number of fused-ring (bicyclic) bond motifs is 1. The van der Waals surface area contributed by atoms with Crippen molar-refractivity contribution in [3.05, 3.63) is 89.3 Å². The molecule has 1 aromatic heterocycles. The van der Waals surface area contributed by atoms with Crippen LogP contribution in [0.4, 0.5) is 0 Å². The van der Waals surface area contributed by atoms with Gasteiger partial charge in [-0.25, -0.2) is 4.79 Å². The van der Waals surface area contributed by atoms with E-state index < -0.39 is 11.9 Å². The monoisotopic (exact) mass is 513 g/mol. The second-order valence-electron chi connectivity index (χ2n) is 7.70. The number of amides is 1. The first kappa shape index (κ1) is 23.9. The molecule has 0 saturated heterocycles. The molecule has 1 N–H and O–H groups in total. The Morgan fingerprint density at radius 1 is 1.05 bits per heavy atom. The molecule has 184 valence electrons. The molecule has 11 heteroatoms. The van der Waals surface area contributed by atoms with Crippen molar-refractivity contribution in [2.75, 3.05) is 14.2 Å². The van der Waals surface area contributed by atoms with E-state index >= 15 is 0 Å². The number of aliphatic imine (C=N–C) groups is 1. The number of hydrogen-bond donors (Lipinski definition) is 1. The van der Waals surface area contributed by atoms with Gasteiger partial charge in [-0.3, -0.25) is 15.2 Å². The van der Waals surface area contributed by atoms with Gasteiger partial charge < -0.3 is 14.2 Å². The Labute approximate surface area is 215 Å². The van der Waals surface area contributed by atoms with E-state index in [2.05, 4.69) is 15.1 Å². The van der Waals surface area contributed by atoms with Crippen molar-refractivity contribution >= 4 is 45.8 Å². The van der Waals surface area contributed by atoms with Gasteiger partial charge in [0.15, 0.2) is 17.3 Å². The molecule has 0 fully saturated rings. The molecule has 1 amide bonds. The topological polar surface area (TPSA) is 127 Å². The highest BCUT2D eigenvalue weighted by Crippen LogP contribution is 2.33. The fourth-order valence-corrected chi connectivity index (χ4v) is 4.39. The molecule has 37 heavy (non-hydrogen) atoms. The quantitative estimate of drug-likeness (QED) is 0.298. The lowest BCUT2D eigenvalue weighted by atomic mass is 10.1. The summed E-state index contributed by atoms with van der Waals surface area (Å²) in [6.45, 7) is 0. The molecule has 0 radical (unpaired) electrons. The molecule has 2 aromatic carbocycles. The van der Waals surface area contributed by atoms with Crippen LogP contribution < -0.4 is 14.2 Å². The number of hydrogen-bond acceptors (Lipinski definition) is 9. The van der Waals surface area contributed by atoms with E-state index in [1.165, 1.54) is 30.0 Å². The number of nitrogens with zero attached hydrogens (tertiary/aromatic N) is 4. The number of pyridine rings is 1. The molecule has 0 atom stereocenters. The van der Waals surface area contributed by atoms with Crippen LogP contribution in [-0.2, 0) is 4.79 Å². The van der Waals surface area contributed by atoms with E-state index in [4.69, 9.17) is 19.6 Å². The summed E-state index contributed by atoms with van der Waals surface area (Å²) in [7, 11) is 2.98. The van der Waals surface area contributed by atoms with Gasteiger partial charge in [-0.2, -0.15) is 15.1 Å². The first-order valence-electron chi connectivity index (χ1n) is 10.9. The van der Waals surface area contributed by atoms with Gasteiger partial charge >= 0.3 is 5.97 Å². The van der Waals surface area contributed by atoms with Crippen LogP contribution in [0.15, 0.2) is 82.7 Å². The van der Waals surface area contributed by atoms with Gasteiger partial charge in [-0.1, -0.05) is 6.07 Å². The maximum Gasteiger partial charge on any atom is 0.343 e. The number of rotatable bonds is 6. The number of hydrazone groups is 1. The van der Waals surface area contributed by atoms with Crippen LogP contribution in [0, 0.1) is 5.41 Å². The van der Waals surface area contributed by atoms with E-state index in [0.29, 0.717) is 27.1 Å². The average Bonchev–Trinajstić information content (AvgIpc) is 3.36. The maximum atomic E-state index is 12.8. The predicted molar refractivity (Wildman–Crippen MR) is 139 cm³/mol. The predicted octanol–water partition coefficient (Wildman–Crippen LogP) is 3.99. The van der Waals surface area contributed by atoms with Crippen LogP contribution in [0.5, 0.6) is 17.2 Å². The Bertz CT molecular complexity index is 1500. The second kappa shape index (κ2) is 10.1. The van der Waals surface area contributed by atoms with Crippen molar-refractivity contribution in [1.29, 1.82) is 5.41 Å². The maximum absolute atomic E-state index is 12.8. The van der Waals surface area contributed by atoms with Gasteiger partial charge in [-0.15, -0.1) is 0 Å². The van der Waals surface area contributed by atoms with Crippen LogP contribution in [0.25, 0.3) is 6.08 Å². The van der Waals surface area contributed by atoms with Crippen molar-refractivity contribution in [3.63, 3.8) is 0 Å². The lowest BCUT2D eigenvalue weighted by molar-refractivity contribution is -0.114. The van der Waals surface area contributed by atoms with Crippen molar-refractivity contribution in [2.45, 2.75) is 0 Å². The van der Waals surface area contributed by atoms with E-state index in [9.17, 15) is 9.59 Å². The van der Waals surface area contributed by atoms with Crippen LogP contribution in [-0.4, -0.2) is 52.1 Å². The Morgan fingerprint density at radius 2 is 1.86 bits per heavy atom. The van der Waals surface area contributed by atoms with Gasteiger partial charge in [0.1, 0.15) is 10.8 Å². The van der Waals surface area contributed by atoms with E-state index in [1.54, 1.807) is 68.0 Å². The minimum Gasteiger partial charge on any atom is -0.497 e. The third-order valence-electron chi connectivity index (χ3n) is 5.39. The number of benzene rings is 2. The molecule has 2 aliphatic heterocycles. The van der Waals surface area contributed by atoms with E-state index in [-0.39, 0.29) is 22.9 Å². The third-order valence-corrected chi connectivity index (χ3v) is 6.35. The first-order valence-corrected chi connectivity index (χ1v) is 11.7. The first-order chi connectivity index (χ1) is 18.0. The van der Waals surface area contributed by atoms with Crippen LogP contribution in [0.3, 0.4) is 0 Å². The Balaban J connectivity index is 1.38. The molecule has 10 nitrogen and oxygen atoms in total. The van der Waals surface area contributed by atoms with Gasteiger partial charge in [0.25, 0.3) is 5.91 Å². The summed E-state index contributed by atoms with van der Waals surface area (Å²) in [4.78, 5) is 33.5. The van der Waals surface area contributed by atoms with Crippen LogP contribution in [0.2, 0.25) is 0 Å². The zero-order valence-electron chi connectivity index (χ0n) is 19.7.